The van der Waals surface area contributed by atoms with Crippen molar-refractivity contribution in [1.29, 1.82) is 0 Å². The highest BCUT2D eigenvalue weighted by Gasteiger charge is 2.16. The molecule has 0 atom stereocenters. The molecule has 0 aliphatic heterocycles. The lowest BCUT2D eigenvalue weighted by atomic mass is 10.1. The summed E-state index contributed by atoms with van der Waals surface area (Å²) in [4.78, 5) is 14.2. The Morgan fingerprint density at radius 3 is 2.47 bits per heavy atom. The van der Waals surface area contributed by atoms with Crippen LogP contribution in [0.1, 0.15) is 21.5 Å². The molecule has 0 unspecified atom stereocenters. The Hall–Kier alpha value is -1.61. The first kappa shape index (κ1) is 13.8. The van der Waals surface area contributed by atoms with Gasteiger partial charge in [0.15, 0.2) is 0 Å². The quantitative estimate of drug-likeness (QED) is 0.806. The highest BCUT2D eigenvalue weighted by atomic mass is 79.9. The van der Waals surface area contributed by atoms with Crippen LogP contribution in [-0.2, 0) is 0 Å². The summed E-state index contributed by atoms with van der Waals surface area (Å²) >= 11 is 3.46. The lowest BCUT2D eigenvalue weighted by molar-refractivity contribution is 0.0992. The van der Waals surface area contributed by atoms with Crippen LogP contribution in [-0.4, -0.2) is 13.0 Å². The third kappa shape index (κ3) is 2.87. The van der Waals surface area contributed by atoms with Crippen LogP contribution in [0.25, 0.3) is 0 Å². The molecule has 0 radical (unpaired) electrons. The van der Waals surface area contributed by atoms with E-state index < -0.39 is 0 Å². The van der Waals surface area contributed by atoms with Crippen molar-refractivity contribution in [1.82, 2.24) is 0 Å². The van der Waals surface area contributed by atoms with Crippen LogP contribution in [0.2, 0.25) is 0 Å². The molecule has 1 amide bonds. The third-order valence-corrected chi connectivity index (χ3v) is 4.05. The molecule has 0 heterocycles. The van der Waals surface area contributed by atoms with Gasteiger partial charge in [0, 0.05) is 22.8 Å². The second-order valence-electron chi connectivity index (χ2n) is 4.62. The van der Waals surface area contributed by atoms with E-state index in [9.17, 15) is 4.79 Å². The van der Waals surface area contributed by atoms with Crippen LogP contribution < -0.4 is 4.90 Å². The molecule has 0 saturated carbocycles. The standard InChI is InChI=1S/C16H16BrNO/c1-11-6-4-7-13(10-11)18(3)16(19)14-8-5-9-15(17)12(14)2/h4-10H,1-3H3. The second kappa shape index (κ2) is 5.57. The van der Waals surface area contributed by atoms with Crippen molar-refractivity contribution < 1.29 is 4.79 Å². The predicted octanol–water partition coefficient (Wildman–Crippen LogP) is 4.34. The van der Waals surface area contributed by atoms with E-state index in [1.54, 1.807) is 11.9 Å². The highest BCUT2D eigenvalue weighted by Crippen LogP contribution is 2.23. The molecule has 2 rings (SSSR count). The fourth-order valence-corrected chi connectivity index (χ4v) is 2.34. The fraction of sp³-hybridized carbons (Fsp3) is 0.188. The maximum absolute atomic E-state index is 12.5. The number of halogens is 1. The summed E-state index contributed by atoms with van der Waals surface area (Å²) in [5.41, 5.74) is 3.73. The molecule has 2 nitrogen and oxygen atoms in total. The van der Waals surface area contributed by atoms with Gasteiger partial charge in [-0.05, 0) is 49.2 Å². The van der Waals surface area contributed by atoms with Crippen LogP contribution in [0.3, 0.4) is 0 Å². The summed E-state index contributed by atoms with van der Waals surface area (Å²) in [6.07, 6.45) is 0. The largest absolute Gasteiger partial charge is 0.311 e. The van der Waals surface area contributed by atoms with Gasteiger partial charge >= 0.3 is 0 Å². The predicted molar refractivity (Wildman–Crippen MR) is 82.8 cm³/mol. The molecule has 98 valence electrons. The number of nitrogens with zero attached hydrogens (tertiary/aromatic N) is 1. The van der Waals surface area contributed by atoms with Gasteiger partial charge in [-0.3, -0.25) is 4.79 Å². The third-order valence-electron chi connectivity index (χ3n) is 3.19. The van der Waals surface area contributed by atoms with E-state index in [-0.39, 0.29) is 5.91 Å². The van der Waals surface area contributed by atoms with Gasteiger partial charge < -0.3 is 4.90 Å². The molecule has 0 spiro atoms. The van der Waals surface area contributed by atoms with Crippen molar-refractivity contribution >= 4 is 27.5 Å². The molecule has 2 aromatic rings. The first-order valence-corrected chi connectivity index (χ1v) is 6.90. The van der Waals surface area contributed by atoms with E-state index in [1.807, 2.05) is 56.3 Å². The van der Waals surface area contributed by atoms with Crippen LogP contribution in [0.15, 0.2) is 46.9 Å². The van der Waals surface area contributed by atoms with Crippen LogP contribution >= 0.6 is 15.9 Å². The number of aryl methyl sites for hydroxylation is 1. The molecule has 19 heavy (non-hydrogen) atoms. The number of rotatable bonds is 2. The molecular weight excluding hydrogens is 302 g/mol. The van der Waals surface area contributed by atoms with Gasteiger partial charge in [-0.2, -0.15) is 0 Å². The average molecular weight is 318 g/mol. The minimum atomic E-state index is 0.00407. The lowest BCUT2D eigenvalue weighted by Gasteiger charge is -2.19. The number of anilines is 1. The van der Waals surface area contributed by atoms with Crippen molar-refractivity contribution in [3.63, 3.8) is 0 Å². The summed E-state index contributed by atoms with van der Waals surface area (Å²) in [7, 11) is 1.80. The molecule has 0 saturated heterocycles. The Labute approximate surface area is 122 Å². The molecule has 0 aliphatic rings. The first-order valence-electron chi connectivity index (χ1n) is 6.10. The maximum atomic E-state index is 12.5. The Morgan fingerprint density at radius 2 is 1.79 bits per heavy atom. The number of hydrogen-bond acceptors (Lipinski definition) is 1. The van der Waals surface area contributed by atoms with Crippen LogP contribution in [0.4, 0.5) is 5.69 Å². The van der Waals surface area contributed by atoms with Gasteiger partial charge in [0.05, 0.1) is 0 Å². The molecule has 2 aromatic carbocycles. The summed E-state index contributed by atoms with van der Waals surface area (Å²) < 4.78 is 0.955. The summed E-state index contributed by atoms with van der Waals surface area (Å²) in [5.74, 6) is 0.00407. The molecule has 3 heteroatoms. The van der Waals surface area contributed by atoms with E-state index in [2.05, 4.69) is 15.9 Å². The summed E-state index contributed by atoms with van der Waals surface area (Å²) in [5, 5.41) is 0. The maximum Gasteiger partial charge on any atom is 0.258 e. The molecule has 0 fully saturated rings. The van der Waals surface area contributed by atoms with Crippen molar-refractivity contribution in [2.24, 2.45) is 0 Å². The van der Waals surface area contributed by atoms with Gasteiger partial charge in [0.1, 0.15) is 0 Å². The van der Waals surface area contributed by atoms with E-state index in [0.717, 1.165) is 26.9 Å². The smallest absolute Gasteiger partial charge is 0.258 e. The highest BCUT2D eigenvalue weighted by molar-refractivity contribution is 9.10. The van der Waals surface area contributed by atoms with Crippen molar-refractivity contribution in [2.45, 2.75) is 13.8 Å². The minimum absolute atomic E-state index is 0.00407. The monoisotopic (exact) mass is 317 g/mol. The number of hydrogen-bond donors (Lipinski definition) is 0. The van der Waals surface area contributed by atoms with Gasteiger partial charge in [-0.25, -0.2) is 0 Å². The van der Waals surface area contributed by atoms with E-state index in [1.165, 1.54) is 0 Å². The zero-order valence-electron chi connectivity index (χ0n) is 11.3. The van der Waals surface area contributed by atoms with E-state index in [0.29, 0.717) is 0 Å². The first-order chi connectivity index (χ1) is 9.00. The molecule has 0 N–H and O–H groups in total. The second-order valence-corrected chi connectivity index (χ2v) is 5.47. The zero-order chi connectivity index (χ0) is 14.0. The van der Waals surface area contributed by atoms with Gasteiger partial charge in [-0.15, -0.1) is 0 Å². The average Bonchev–Trinajstić information content (AvgIpc) is 2.40. The van der Waals surface area contributed by atoms with Crippen molar-refractivity contribution in [2.75, 3.05) is 11.9 Å². The number of amides is 1. The molecule has 0 aromatic heterocycles. The SMILES string of the molecule is Cc1cccc(N(C)C(=O)c2cccc(Br)c2C)c1. The Kier molecular flexibility index (Phi) is 4.05. The van der Waals surface area contributed by atoms with Crippen molar-refractivity contribution in [3.05, 3.63) is 63.6 Å². The lowest BCUT2D eigenvalue weighted by Crippen LogP contribution is -2.27. The number of benzene rings is 2. The Morgan fingerprint density at radius 1 is 1.11 bits per heavy atom. The normalized spacial score (nSPS) is 10.3. The van der Waals surface area contributed by atoms with Gasteiger partial charge in [0.25, 0.3) is 5.91 Å². The number of carbonyl (C=O) groups excluding carboxylic acids is 1. The zero-order valence-corrected chi connectivity index (χ0v) is 12.9. The fourth-order valence-electron chi connectivity index (χ4n) is 1.97. The van der Waals surface area contributed by atoms with Gasteiger partial charge in [0.2, 0.25) is 0 Å². The van der Waals surface area contributed by atoms with Crippen molar-refractivity contribution in [3.8, 4) is 0 Å². The molecule has 0 bridgehead atoms. The Bertz CT molecular complexity index is 622. The minimum Gasteiger partial charge on any atom is -0.311 e. The summed E-state index contributed by atoms with van der Waals surface area (Å²) in [6, 6.07) is 13.6. The Balaban J connectivity index is 2.36. The molecular formula is C16H16BrNO. The van der Waals surface area contributed by atoms with E-state index >= 15 is 0 Å². The number of carbonyl (C=O) groups is 1. The topological polar surface area (TPSA) is 20.3 Å². The van der Waals surface area contributed by atoms with E-state index in [4.69, 9.17) is 0 Å². The van der Waals surface area contributed by atoms with Crippen LogP contribution in [0, 0.1) is 13.8 Å². The van der Waals surface area contributed by atoms with Crippen LogP contribution in [0.5, 0.6) is 0 Å². The molecule has 0 aliphatic carbocycles. The summed E-state index contributed by atoms with van der Waals surface area (Å²) in [6.45, 7) is 3.97. The van der Waals surface area contributed by atoms with Gasteiger partial charge in [-0.1, -0.05) is 34.1 Å².